The molecule has 0 aliphatic carbocycles. The van der Waals surface area contributed by atoms with E-state index in [1.54, 1.807) is 24.3 Å². The highest BCUT2D eigenvalue weighted by Gasteiger charge is 2.10. The van der Waals surface area contributed by atoms with Crippen molar-refractivity contribution in [3.05, 3.63) is 47.7 Å². The van der Waals surface area contributed by atoms with Crippen LogP contribution >= 0.6 is 0 Å². The molecule has 1 aromatic carbocycles. The largest absolute Gasteiger partial charge is 0.383 e. The van der Waals surface area contributed by atoms with Gasteiger partial charge in [-0.1, -0.05) is 12.7 Å². The van der Waals surface area contributed by atoms with Gasteiger partial charge in [0.1, 0.15) is 11.5 Å². The number of carbonyl (C=O) groups is 1. The van der Waals surface area contributed by atoms with Gasteiger partial charge in [0.2, 0.25) is 0 Å². The summed E-state index contributed by atoms with van der Waals surface area (Å²) in [7, 11) is 0. The third kappa shape index (κ3) is 2.33. The second kappa shape index (κ2) is 5.10. The van der Waals surface area contributed by atoms with Crippen LogP contribution in [0.2, 0.25) is 0 Å². The quantitative estimate of drug-likeness (QED) is 0.841. The number of anilines is 1. The molecule has 0 fully saturated rings. The van der Waals surface area contributed by atoms with Gasteiger partial charge in [-0.15, -0.1) is 0 Å². The first kappa shape index (κ1) is 12.5. The monoisotopic (exact) mass is 250 g/mol. The topological polar surface area (TPSA) is 92.7 Å². The van der Waals surface area contributed by atoms with Gasteiger partial charge in [-0.05, 0) is 24.3 Å². The highest BCUT2D eigenvalue weighted by Crippen LogP contribution is 2.21. The van der Waals surface area contributed by atoms with E-state index in [9.17, 15) is 4.79 Å². The van der Waals surface area contributed by atoms with Gasteiger partial charge in [0, 0.05) is 11.1 Å². The van der Waals surface area contributed by atoms with Crippen LogP contribution in [0.4, 0.5) is 5.82 Å². The van der Waals surface area contributed by atoms with E-state index in [0.717, 1.165) is 0 Å². The van der Waals surface area contributed by atoms with Crippen LogP contribution in [0.5, 0.6) is 0 Å². The Kier molecular flexibility index (Phi) is 3.35. The zero-order valence-corrected chi connectivity index (χ0v) is 10.00. The lowest BCUT2D eigenvalue weighted by Crippen LogP contribution is -2.04. The molecule has 2 aromatic rings. The SMILES string of the molecule is C=Cc1c(N)nc(-c2ccc(C#N)cc2)nc1C=O. The summed E-state index contributed by atoms with van der Waals surface area (Å²) in [6, 6.07) is 8.73. The zero-order valence-electron chi connectivity index (χ0n) is 10.00. The smallest absolute Gasteiger partial charge is 0.169 e. The Labute approximate surface area is 110 Å². The van der Waals surface area contributed by atoms with E-state index in [1.807, 2.05) is 6.07 Å². The molecular formula is C14H10N4O. The maximum absolute atomic E-state index is 11.0. The van der Waals surface area contributed by atoms with Gasteiger partial charge in [-0.25, -0.2) is 9.97 Å². The number of aromatic nitrogens is 2. The molecular weight excluding hydrogens is 240 g/mol. The molecule has 1 aromatic heterocycles. The lowest BCUT2D eigenvalue weighted by atomic mass is 10.1. The Bertz CT molecular complexity index is 684. The summed E-state index contributed by atoms with van der Waals surface area (Å²) in [5.41, 5.74) is 7.61. The molecule has 92 valence electrons. The minimum absolute atomic E-state index is 0.196. The Balaban J connectivity index is 2.56. The summed E-state index contributed by atoms with van der Waals surface area (Å²) in [5.74, 6) is 0.543. The van der Waals surface area contributed by atoms with Gasteiger partial charge in [0.05, 0.1) is 11.6 Å². The van der Waals surface area contributed by atoms with E-state index in [-0.39, 0.29) is 11.5 Å². The van der Waals surface area contributed by atoms with E-state index in [2.05, 4.69) is 16.5 Å². The fourth-order valence-corrected chi connectivity index (χ4v) is 1.63. The molecule has 0 aliphatic heterocycles. The van der Waals surface area contributed by atoms with Crippen molar-refractivity contribution in [3.63, 3.8) is 0 Å². The number of hydrogen-bond donors (Lipinski definition) is 1. The highest BCUT2D eigenvalue weighted by molar-refractivity contribution is 5.83. The van der Waals surface area contributed by atoms with Crippen LogP contribution in [0.3, 0.4) is 0 Å². The zero-order chi connectivity index (χ0) is 13.8. The highest BCUT2D eigenvalue weighted by atomic mass is 16.1. The number of carbonyl (C=O) groups excluding carboxylic acids is 1. The van der Waals surface area contributed by atoms with Crippen molar-refractivity contribution < 1.29 is 4.79 Å². The molecule has 0 unspecified atom stereocenters. The number of nitrogens with two attached hydrogens (primary N) is 1. The number of nitrogens with zero attached hydrogens (tertiary/aromatic N) is 3. The minimum atomic E-state index is 0.196. The summed E-state index contributed by atoms with van der Waals surface area (Å²) in [6.07, 6.45) is 2.06. The first-order chi connectivity index (χ1) is 9.19. The standard InChI is InChI=1S/C14H10N4O/c1-2-11-12(8-19)17-14(18-13(11)16)10-5-3-9(7-15)4-6-10/h2-6,8H,1H2,(H2,16,17,18). The normalized spacial score (nSPS) is 9.63. The van der Waals surface area contributed by atoms with E-state index < -0.39 is 0 Å². The lowest BCUT2D eigenvalue weighted by Gasteiger charge is -2.06. The number of rotatable bonds is 3. The van der Waals surface area contributed by atoms with E-state index in [4.69, 9.17) is 11.0 Å². The van der Waals surface area contributed by atoms with Crippen molar-refractivity contribution in [2.45, 2.75) is 0 Å². The Morgan fingerprint density at radius 3 is 2.47 bits per heavy atom. The van der Waals surface area contributed by atoms with Crippen LogP contribution in [-0.4, -0.2) is 16.3 Å². The number of nitrogen functional groups attached to an aromatic ring is 1. The molecule has 2 N–H and O–H groups in total. The van der Waals surface area contributed by atoms with Gasteiger partial charge >= 0.3 is 0 Å². The second-order valence-corrected chi connectivity index (χ2v) is 3.74. The fourth-order valence-electron chi connectivity index (χ4n) is 1.63. The number of aldehydes is 1. The van der Waals surface area contributed by atoms with Crippen LogP contribution in [0.25, 0.3) is 17.5 Å². The minimum Gasteiger partial charge on any atom is -0.383 e. The van der Waals surface area contributed by atoms with Gasteiger partial charge in [-0.3, -0.25) is 4.79 Å². The van der Waals surface area contributed by atoms with Crippen molar-refractivity contribution in [2.24, 2.45) is 0 Å². The van der Waals surface area contributed by atoms with Crippen molar-refractivity contribution in [2.75, 3.05) is 5.73 Å². The Hall–Kier alpha value is -3.00. The summed E-state index contributed by atoms with van der Waals surface area (Å²) in [4.78, 5) is 19.3. The number of benzene rings is 1. The van der Waals surface area contributed by atoms with Gasteiger partial charge in [0.25, 0.3) is 0 Å². The molecule has 1 heterocycles. The first-order valence-corrected chi connectivity index (χ1v) is 5.45. The van der Waals surface area contributed by atoms with Gasteiger partial charge < -0.3 is 5.73 Å². The summed E-state index contributed by atoms with van der Waals surface area (Å²) < 4.78 is 0. The Morgan fingerprint density at radius 1 is 1.26 bits per heavy atom. The van der Waals surface area contributed by atoms with Crippen molar-refractivity contribution in [1.29, 1.82) is 5.26 Å². The van der Waals surface area contributed by atoms with Crippen molar-refractivity contribution in [3.8, 4) is 17.5 Å². The predicted octanol–water partition coefficient (Wildman–Crippen LogP) is 2.05. The molecule has 0 amide bonds. The van der Waals surface area contributed by atoms with Crippen LogP contribution in [-0.2, 0) is 0 Å². The maximum Gasteiger partial charge on any atom is 0.169 e. The van der Waals surface area contributed by atoms with Crippen molar-refractivity contribution >= 4 is 18.2 Å². The molecule has 2 rings (SSSR count). The molecule has 0 aliphatic rings. The molecule has 0 saturated carbocycles. The third-order valence-electron chi connectivity index (χ3n) is 2.59. The molecule has 0 atom stereocenters. The number of nitriles is 1. The van der Waals surface area contributed by atoms with E-state index in [1.165, 1.54) is 6.08 Å². The molecule has 5 nitrogen and oxygen atoms in total. The van der Waals surface area contributed by atoms with E-state index in [0.29, 0.717) is 28.8 Å². The first-order valence-electron chi connectivity index (χ1n) is 5.45. The third-order valence-corrected chi connectivity index (χ3v) is 2.59. The summed E-state index contributed by atoms with van der Waals surface area (Å²) in [6.45, 7) is 3.57. The van der Waals surface area contributed by atoms with Crippen LogP contribution in [0.15, 0.2) is 30.8 Å². The molecule has 19 heavy (non-hydrogen) atoms. The molecule has 0 bridgehead atoms. The molecule has 5 heteroatoms. The second-order valence-electron chi connectivity index (χ2n) is 3.74. The lowest BCUT2D eigenvalue weighted by molar-refractivity contribution is 0.111. The van der Waals surface area contributed by atoms with Crippen LogP contribution < -0.4 is 5.73 Å². The molecule has 0 radical (unpaired) electrons. The average Bonchev–Trinajstić information content (AvgIpc) is 2.46. The average molecular weight is 250 g/mol. The summed E-state index contributed by atoms with van der Waals surface area (Å²) >= 11 is 0. The predicted molar refractivity (Wildman–Crippen MR) is 72.1 cm³/mol. The van der Waals surface area contributed by atoms with E-state index >= 15 is 0 Å². The van der Waals surface area contributed by atoms with Gasteiger partial charge in [0.15, 0.2) is 12.1 Å². The van der Waals surface area contributed by atoms with Crippen molar-refractivity contribution in [1.82, 2.24) is 9.97 Å². The summed E-state index contributed by atoms with van der Waals surface area (Å²) in [5, 5.41) is 8.73. The van der Waals surface area contributed by atoms with Gasteiger partial charge in [-0.2, -0.15) is 5.26 Å². The Morgan fingerprint density at radius 2 is 1.95 bits per heavy atom. The van der Waals surface area contributed by atoms with Crippen LogP contribution in [0, 0.1) is 11.3 Å². The molecule has 0 saturated heterocycles. The van der Waals surface area contributed by atoms with Crippen LogP contribution in [0.1, 0.15) is 21.6 Å². The maximum atomic E-state index is 11.0. The number of hydrogen-bond acceptors (Lipinski definition) is 5. The fraction of sp³-hybridized carbons (Fsp3) is 0. The molecule has 0 spiro atoms.